The van der Waals surface area contributed by atoms with Crippen molar-refractivity contribution in [2.75, 3.05) is 0 Å². The summed E-state index contributed by atoms with van der Waals surface area (Å²) in [5.74, 6) is 0. The zero-order chi connectivity index (χ0) is 61.1. The molecule has 15 rings (SSSR count). The van der Waals surface area contributed by atoms with Gasteiger partial charge in [-0.2, -0.15) is 0 Å². The summed E-state index contributed by atoms with van der Waals surface area (Å²) in [5, 5.41) is 8.11. The van der Waals surface area contributed by atoms with Gasteiger partial charge in [0.15, 0.2) is 0 Å². The van der Waals surface area contributed by atoms with Gasteiger partial charge in [-0.15, -0.1) is 0 Å². The third kappa shape index (κ3) is 14.5. The second-order valence-corrected chi connectivity index (χ2v) is 34.8. The van der Waals surface area contributed by atoms with Crippen LogP contribution in [-0.4, -0.2) is 0 Å². The molecule has 3 unspecified atom stereocenters. The van der Waals surface area contributed by atoms with Gasteiger partial charge in [-0.1, -0.05) is 0 Å². The number of rotatable bonds is 11. The molecule has 0 radical (unpaired) electrons. The predicted octanol–water partition coefficient (Wildman–Crippen LogP) is 20.3. The van der Waals surface area contributed by atoms with Gasteiger partial charge in [0.1, 0.15) is 0 Å². The van der Waals surface area contributed by atoms with Crippen LogP contribution in [0.25, 0.3) is 83.9 Å². The van der Waals surface area contributed by atoms with Crippen molar-refractivity contribution in [3.63, 3.8) is 0 Å². The Labute approximate surface area is 591 Å². The Morgan fingerprint density at radius 2 is 0.565 bits per heavy atom. The van der Waals surface area contributed by atoms with Crippen LogP contribution >= 0.6 is 0 Å². The third-order valence-electron chi connectivity index (χ3n) is 22.9. The molecule has 92 heavy (non-hydrogen) atoms. The zero-order valence-corrected chi connectivity index (χ0v) is 61.6. The molecule has 9 aromatic rings. The molecule has 9 aromatic carbocycles. The van der Waals surface area contributed by atoms with Crippen LogP contribution in [0.2, 0.25) is 0 Å². The van der Waals surface area contributed by atoms with Gasteiger partial charge in [-0.25, -0.2) is 0 Å². The Kier molecular flexibility index (Phi) is 22.1. The van der Waals surface area contributed by atoms with Crippen LogP contribution < -0.4 is 24.8 Å². The quantitative estimate of drug-likeness (QED) is 0.121. The van der Waals surface area contributed by atoms with Gasteiger partial charge < -0.3 is 24.8 Å². The summed E-state index contributed by atoms with van der Waals surface area (Å²) in [6.45, 7) is 7.91. The maximum atomic E-state index is 2.75. The maximum absolute atomic E-state index is 2.75. The minimum atomic E-state index is -1.16. The van der Waals surface area contributed by atoms with E-state index in [0.29, 0.717) is 27.1 Å². The average Bonchev–Trinajstić information content (AvgIpc) is 1.62. The third-order valence-corrected chi connectivity index (χ3v) is 29.5. The molecule has 3 fully saturated rings. The van der Waals surface area contributed by atoms with E-state index >= 15 is 0 Å². The SMILES string of the molecule is CC1(CC2=Cc3c(-c4cccc5ccccc45)cccc3[CH]2[Zr+2][CH]2C(CC3(C)CCCCCCC3)=Cc3c(-c4cccc5ccccc45)cccc32)CCCCCCC1.CC1(CC2=Cc3c(-c4cccc5ccccc45)cccc3[CH]2[Zr+3])CCCCCCCC1.[Cl-].[Cl-]. The predicted molar refractivity (Wildman–Crippen MR) is 380 cm³/mol. The molecule has 6 aliphatic carbocycles. The first kappa shape index (κ1) is 67.3. The molecular formula is C88H95Cl2Zr2+3. The van der Waals surface area contributed by atoms with E-state index in [1.807, 2.05) is 0 Å². The van der Waals surface area contributed by atoms with Crippen LogP contribution in [0.1, 0.15) is 226 Å². The molecule has 3 saturated carbocycles. The number of hydrogen-bond acceptors (Lipinski definition) is 0. The average molecular weight is 1410 g/mol. The molecule has 4 heteroatoms. The smallest absolute Gasteiger partial charge is 1.00 e. The fourth-order valence-electron chi connectivity index (χ4n) is 18.0. The second-order valence-electron chi connectivity index (χ2n) is 29.7. The topological polar surface area (TPSA) is 0 Å². The summed E-state index contributed by atoms with van der Waals surface area (Å²) in [6.07, 6.45) is 42.8. The van der Waals surface area contributed by atoms with E-state index in [9.17, 15) is 0 Å². The van der Waals surface area contributed by atoms with Gasteiger partial charge in [0.25, 0.3) is 0 Å². The Bertz CT molecular complexity index is 3940. The van der Waals surface area contributed by atoms with E-state index < -0.39 is 23.2 Å². The Hall–Kier alpha value is -4.67. The van der Waals surface area contributed by atoms with Crippen molar-refractivity contribution in [1.29, 1.82) is 0 Å². The van der Waals surface area contributed by atoms with Crippen LogP contribution in [0.15, 0.2) is 199 Å². The normalized spacial score (nSPS) is 20.8. The van der Waals surface area contributed by atoms with Crippen LogP contribution in [0, 0.1) is 16.2 Å². The molecule has 0 N–H and O–H groups in total. The summed E-state index contributed by atoms with van der Waals surface area (Å²) in [7, 11) is 0. The standard InChI is InChI=1S/C30H33.2C29H31.2ClH.2Zr/c1-30(18-8-4-2-3-5-9-19-30)22-23-20-25-14-11-17-28(29(25)21-23)27-16-10-13-24-12-6-7-15-26(24)27;2*1-29(17-7-3-2-4-8-18-29)21-22-19-24-13-10-16-27(28(24)20-22)26-15-9-12-23-11-5-6-14-25(23)26;;;;/h6-7,10-17,20-21H,2-5,8-9,18-19,22H2,1H3;2*5-6,9-16,19-20H,2-4,7-8,17-18,21H2,1H3;2*1H;;/q;;;;;+2;+3/p-2. The molecule has 0 bridgehead atoms. The second kappa shape index (κ2) is 30.2. The number of benzene rings is 9. The van der Waals surface area contributed by atoms with Crippen LogP contribution in [-0.2, 0) is 48.0 Å². The van der Waals surface area contributed by atoms with Crippen molar-refractivity contribution in [3.8, 4) is 33.4 Å². The number of halogens is 2. The van der Waals surface area contributed by atoms with E-state index in [0.717, 1.165) is 0 Å². The molecule has 0 heterocycles. The van der Waals surface area contributed by atoms with Gasteiger partial charge >= 0.3 is 572 Å². The molecule has 0 nitrogen and oxygen atoms in total. The molecule has 0 saturated heterocycles. The Morgan fingerprint density at radius 1 is 0.304 bits per heavy atom. The van der Waals surface area contributed by atoms with E-state index in [-0.39, 0.29) is 24.8 Å². The molecule has 3 atom stereocenters. The van der Waals surface area contributed by atoms with Gasteiger partial charge in [0.2, 0.25) is 0 Å². The number of hydrogen-bond donors (Lipinski definition) is 0. The van der Waals surface area contributed by atoms with E-state index in [1.165, 1.54) is 243 Å². The summed E-state index contributed by atoms with van der Waals surface area (Å²) in [6, 6.07) is 69.3. The van der Waals surface area contributed by atoms with E-state index in [2.05, 4.69) is 221 Å². The molecule has 0 amide bonds. The van der Waals surface area contributed by atoms with Crippen molar-refractivity contribution < 1.29 is 72.8 Å². The van der Waals surface area contributed by atoms with Crippen molar-refractivity contribution >= 4 is 50.5 Å². The summed E-state index contributed by atoms with van der Waals surface area (Å²) >= 11 is 0.479. The van der Waals surface area contributed by atoms with Crippen molar-refractivity contribution in [1.82, 2.24) is 0 Å². The molecular weight excluding hydrogens is 1310 g/mol. The van der Waals surface area contributed by atoms with Crippen LogP contribution in [0.4, 0.5) is 0 Å². The van der Waals surface area contributed by atoms with Crippen molar-refractivity contribution in [2.45, 2.75) is 192 Å². The summed E-state index contributed by atoms with van der Waals surface area (Å²) < 4.78 is 1.79. The van der Waals surface area contributed by atoms with E-state index in [1.54, 1.807) is 58.1 Å². The molecule has 0 spiro atoms. The minimum Gasteiger partial charge on any atom is -1.00 e. The first-order valence-electron chi connectivity index (χ1n) is 35.5. The van der Waals surface area contributed by atoms with Gasteiger partial charge in [-0.3, -0.25) is 0 Å². The monoisotopic (exact) mass is 1400 g/mol. The van der Waals surface area contributed by atoms with Crippen molar-refractivity contribution in [2.24, 2.45) is 16.2 Å². The van der Waals surface area contributed by atoms with Crippen LogP contribution in [0.3, 0.4) is 0 Å². The zero-order valence-electron chi connectivity index (χ0n) is 55.2. The van der Waals surface area contributed by atoms with Crippen LogP contribution in [0.5, 0.6) is 0 Å². The van der Waals surface area contributed by atoms with Gasteiger partial charge in [-0.05, 0) is 0 Å². The summed E-state index contributed by atoms with van der Waals surface area (Å²) in [5.41, 5.74) is 24.3. The Morgan fingerprint density at radius 3 is 0.924 bits per heavy atom. The maximum Gasteiger partial charge on any atom is -1.00 e. The fraction of sp³-hybridized carbons (Fsp3) is 0.386. The molecule has 6 aliphatic rings. The summed E-state index contributed by atoms with van der Waals surface area (Å²) in [4.78, 5) is 0. The minimum absolute atomic E-state index is 0. The largest absolute Gasteiger partial charge is 1.00 e. The first-order chi connectivity index (χ1) is 44.1. The fourth-order valence-corrected chi connectivity index (χ4v) is 23.9. The number of fused-ring (bicyclic) bond motifs is 6. The molecule has 0 aromatic heterocycles. The molecule has 0 aliphatic heterocycles. The van der Waals surface area contributed by atoms with Gasteiger partial charge in [0, 0.05) is 0 Å². The first-order valence-corrected chi connectivity index (χ1v) is 39.8. The number of allylic oxidation sites excluding steroid dienone is 3. The molecule has 466 valence electrons. The van der Waals surface area contributed by atoms with Crippen molar-refractivity contribution in [3.05, 3.63) is 232 Å². The Balaban J connectivity index is 0.000000209. The van der Waals surface area contributed by atoms with Gasteiger partial charge in [0.05, 0.1) is 0 Å². The van der Waals surface area contributed by atoms with E-state index in [4.69, 9.17) is 0 Å².